The summed E-state index contributed by atoms with van der Waals surface area (Å²) in [5.74, 6) is -0.0370. The zero-order valence-electron chi connectivity index (χ0n) is 10.7. The third-order valence-electron chi connectivity index (χ3n) is 3.48. The summed E-state index contributed by atoms with van der Waals surface area (Å²) < 4.78 is 5.61. The fourth-order valence-electron chi connectivity index (χ4n) is 2.20. The van der Waals surface area contributed by atoms with Gasteiger partial charge in [0.15, 0.2) is 0 Å². The predicted molar refractivity (Wildman–Crippen MR) is 64.9 cm³/mol. The van der Waals surface area contributed by atoms with Crippen LogP contribution in [-0.2, 0) is 9.53 Å². The SMILES string of the molecule is CC(C)COCC(NC1CC1)(C(=O)O)C1CC1. The highest BCUT2D eigenvalue weighted by molar-refractivity contribution is 5.80. The minimum absolute atomic E-state index is 0.257. The first-order valence-corrected chi connectivity index (χ1v) is 6.63. The van der Waals surface area contributed by atoms with Crippen LogP contribution in [0.5, 0.6) is 0 Å². The van der Waals surface area contributed by atoms with E-state index in [0.717, 1.165) is 25.7 Å². The van der Waals surface area contributed by atoms with Crippen LogP contribution in [0.25, 0.3) is 0 Å². The van der Waals surface area contributed by atoms with E-state index in [-0.39, 0.29) is 5.92 Å². The van der Waals surface area contributed by atoms with Crippen molar-refractivity contribution in [2.75, 3.05) is 13.2 Å². The summed E-state index contributed by atoms with van der Waals surface area (Å²) in [5.41, 5.74) is -0.823. The Bertz CT molecular complexity index is 284. The van der Waals surface area contributed by atoms with Crippen molar-refractivity contribution in [3.8, 4) is 0 Å². The molecule has 0 bridgehead atoms. The highest BCUT2D eigenvalue weighted by atomic mass is 16.5. The molecule has 0 aromatic carbocycles. The number of nitrogens with one attached hydrogen (secondary N) is 1. The van der Waals surface area contributed by atoms with Gasteiger partial charge in [-0.05, 0) is 37.5 Å². The number of carboxylic acids is 1. The number of carboxylic acid groups (broad SMARTS) is 1. The van der Waals surface area contributed by atoms with Gasteiger partial charge in [0.25, 0.3) is 0 Å². The molecule has 0 heterocycles. The van der Waals surface area contributed by atoms with Gasteiger partial charge in [0.1, 0.15) is 5.54 Å². The molecule has 1 atom stereocenters. The maximum absolute atomic E-state index is 11.6. The van der Waals surface area contributed by atoms with Gasteiger partial charge in [-0.2, -0.15) is 0 Å². The number of ether oxygens (including phenoxy) is 1. The molecule has 0 radical (unpaired) electrons. The summed E-state index contributed by atoms with van der Waals surface area (Å²) in [5, 5.41) is 12.8. The number of hydrogen-bond acceptors (Lipinski definition) is 3. The molecule has 1 unspecified atom stereocenters. The molecular weight excluding hydrogens is 218 g/mol. The van der Waals surface area contributed by atoms with Gasteiger partial charge in [-0.25, -0.2) is 0 Å². The maximum atomic E-state index is 11.6. The first kappa shape index (κ1) is 12.8. The second-order valence-corrected chi connectivity index (χ2v) is 5.88. The molecule has 0 aromatic rings. The monoisotopic (exact) mass is 241 g/mol. The molecule has 2 fully saturated rings. The third kappa shape index (κ3) is 3.19. The normalized spacial score (nSPS) is 23.7. The Morgan fingerprint density at radius 2 is 2.06 bits per heavy atom. The highest BCUT2D eigenvalue weighted by Gasteiger charge is 2.53. The number of hydrogen-bond donors (Lipinski definition) is 2. The van der Waals surface area contributed by atoms with Crippen molar-refractivity contribution < 1.29 is 14.6 Å². The van der Waals surface area contributed by atoms with E-state index in [1.807, 2.05) is 0 Å². The summed E-state index contributed by atoms with van der Waals surface area (Å²) in [7, 11) is 0. The standard InChI is InChI=1S/C13H23NO3/c1-9(2)7-17-8-13(12(15)16,10-3-4-10)14-11-5-6-11/h9-11,14H,3-8H2,1-2H3,(H,15,16). The van der Waals surface area contributed by atoms with Crippen LogP contribution in [0.15, 0.2) is 0 Å². The molecule has 2 rings (SSSR count). The largest absolute Gasteiger partial charge is 0.480 e. The zero-order chi connectivity index (χ0) is 12.5. The van der Waals surface area contributed by atoms with Gasteiger partial charge in [-0.1, -0.05) is 13.8 Å². The van der Waals surface area contributed by atoms with Gasteiger partial charge >= 0.3 is 5.97 Å². The molecule has 2 saturated carbocycles. The molecule has 4 nitrogen and oxygen atoms in total. The van der Waals surface area contributed by atoms with Crippen molar-refractivity contribution in [3.05, 3.63) is 0 Å². The maximum Gasteiger partial charge on any atom is 0.326 e. The minimum atomic E-state index is -0.823. The second kappa shape index (κ2) is 4.94. The Labute approximate surface area is 103 Å². The molecule has 0 aromatic heterocycles. The van der Waals surface area contributed by atoms with E-state index in [4.69, 9.17) is 4.74 Å². The van der Waals surface area contributed by atoms with Crippen LogP contribution in [0.4, 0.5) is 0 Å². The van der Waals surface area contributed by atoms with Crippen LogP contribution in [-0.4, -0.2) is 35.9 Å². The Kier molecular flexibility index (Phi) is 3.73. The first-order chi connectivity index (χ1) is 8.04. The lowest BCUT2D eigenvalue weighted by Gasteiger charge is -2.31. The molecular formula is C13H23NO3. The van der Waals surface area contributed by atoms with Crippen LogP contribution in [0.1, 0.15) is 39.5 Å². The zero-order valence-corrected chi connectivity index (χ0v) is 10.7. The number of rotatable bonds is 8. The van der Waals surface area contributed by atoms with Crippen molar-refractivity contribution in [2.24, 2.45) is 11.8 Å². The molecule has 0 spiro atoms. The van der Waals surface area contributed by atoms with E-state index in [1.165, 1.54) is 0 Å². The lowest BCUT2D eigenvalue weighted by atomic mass is 9.94. The van der Waals surface area contributed by atoms with Crippen LogP contribution < -0.4 is 5.32 Å². The minimum Gasteiger partial charge on any atom is -0.480 e. The average molecular weight is 241 g/mol. The Morgan fingerprint density at radius 3 is 2.47 bits per heavy atom. The summed E-state index contributed by atoms with van der Waals surface area (Å²) in [6, 6.07) is 0.398. The van der Waals surface area contributed by atoms with Crippen molar-refractivity contribution in [2.45, 2.75) is 51.1 Å². The molecule has 0 amide bonds. The van der Waals surface area contributed by atoms with E-state index >= 15 is 0 Å². The van der Waals surface area contributed by atoms with E-state index in [2.05, 4.69) is 19.2 Å². The lowest BCUT2D eigenvalue weighted by Crippen LogP contribution is -2.58. The number of aliphatic carboxylic acids is 1. The summed E-state index contributed by atoms with van der Waals surface area (Å²) >= 11 is 0. The quantitative estimate of drug-likeness (QED) is 0.678. The first-order valence-electron chi connectivity index (χ1n) is 6.63. The Hall–Kier alpha value is -0.610. The van der Waals surface area contributed by atoms with Crippen molar-refractivity contribution in [1.29, 1.82) is 0 Å². The van der Waals surface area contributed by atoms with Gasteiger partial charge in [-0.15, -0.1) is 0 Å². The van der Waals surface area contributed by atoms with Crippen LogP contribution in [0.3, 0.4) is 0 Å². The molecule has 2 N–H and O–H groups in total. The molecule has 0 aliphatic heterocycles. The van der Waals surface area contributed by atoms with Gasteiger partial charge < -0.3 is 9.84 Å². The topological polar surface area (TPSA) is 58.6 Å². The molecule has 2 aliphatic rings. The molecule has 0 saturated heterocycles. The molecule has 2 aliphatic carbocycles. The lowest BCUT2D eigenvalue weighted by molar-refractivity contribution is -0.149. The summed E-state index contributed by atoms with van der Waals surface area (Å²) in [6.45, 7) is 5.09. The average Bonchev–Trinajstić information content (AvgIpc) is 3.10. The predicted octanol–water partition coefficient (Wildman–Crippen LogP) is 1.64. The van der Waals surface area contributed by atoms with E-state index < -0.39 is 11.5 Å². The van der Waals surface area contributed by atoms with Crippen molar-refractivity contribution in [1.82, 2.24) is 5.32 Å². The Balaban J connectivity index is 1.95. The van der Waals surface area contributed by atoms with Crippen molar-refractivity contribution in [3.63, 3.8) is 0 Å². The second-order valence-electron chi connectivity index (χ2n) is 5.88. The van der Waals surface area contributed by atoms with E-state index in [9.17, 15) is 9.90 Å². The van der Waals surface area contributed by atoms with Gasteiger partial charge in [-0.3, -0.25) is 10.1 Å². The van der Waals surface area contributed by atoms with Crippen LogP contribution in [0, 0.1) is 11.8 Å². The van der Waals surface area contributed by atoms with Gasteiger partial charge in [0.2, 0.25) is 0 Å². The highest BCUT2D eigenvalue weighted by Crippen LogP contribution is 2.42. The Morgan fingerprint density at radius 1 is 1.41 bits per heavy atom. The van der Waals surface area contributed by atoms with E-state index in [0.29, 0.717) is 25.2 Å². The van der Waals surface area contributed by atoms with Crippen LogP contribution in [0.2, 0.25) is 0 Å². The van der Waals surface area contributed by atoms with Gasteiger partial charge in [0.05, 0.1) is 6.61 Å². The fraction of sp³-hybridized carbons (Fsp3) is 0.923. The van der Waals surface area contributed by atoms with E-state index in [1.54, 1.807) is 0 Å². The molecule has 4 heteroatoms. The van der Waals surface area contributed by atoms with Gasteiger partial charge in [0, 0.05) is 12.6 Å². The molecule has 17 heavy (non-hydrogen) atoms. The smallest absolute Gasteiger partial charge is 0.326 e. The van der Waals surface area contributed by atoms with Crippen LogP contribution >= 0.6 is 0 Å². The molecule has 98 valence electrons. The summed E-state index contributed by atoms with van der Waals surface area (Å²) in [4.78, 5) is 11.6. The fourth-order valence-corrected chi connectivity index (χ4v) is 2.20. The third-order valence-corrected chi connectivity index (χ3v) is 3.48. The van der Waals surface area contributed by atoms with Crippen molar-refractivity contribution >= 4 is 5.97 Å². The number of carbonyl (C=O) groups is 1. The summed E-state index contributed by atoms with van der Waals surface area (Å²) in [6.07, 6.45) is 4.23.